The van der Waals surface area contributed by atoms with Gasteiger partial charge in [-0.05, 0) is 42.5 Å². The molecule has 1 aromatic heterocycles. The molecule has 1 N–H and O–H groups in total. The number of H-pyrrole nitrogens is 1. The van der Waals surface area contributed by atoms with Crippen LogP contribution in [-0.2, 0) is 0 Å². The second kappa shape index (κ2) is 4.23. The molecule has 1 aromatic carbocycles. The lowest BCUT2D eigenvalue weighted by atomic mass is 9.90. The van der Waals surface area contributed by atoms with Gasteiger partial charge in [-0.1, -0.05) is 0 Å². The van der Waals surface area contributed by atoms with Crippen molar-refractivity contribution < 1.29 is 0 Å². The Labute approximate surface area is 100 Å². The Morgan fingerprint density at radius 1 is 1.29 bits per heavy atom. The summed E-state index contributed by atoms with van der Waals surface area (Å²) in [5.74, 6) is 0.593. The number of nitrogens with zero attached hydrogens (tertiary/aromatic N) is 2. The summed E-state index contributed by atoms with van der Waals surface area (Å²) in [4.78, 5) is 3.30. The number of aromatic amines is 1. The highest BCUT2D eigenvalue weighted by atomic mass is 14.9. The van der Waals surface area contributed by atoms with E-state index in [-0.39, 0.29) is 0 Å². The molecule has 2 aromatic rings. The van der Waals surface area contributed by atoms with Crippen molar-refractivity contribution in [3.63, 3.8) is 0 Å². The molecule has 0 amide bonds. The molecule has 85 valence electrons. The van der Waals surface area contributed by atoms with E-state index in [9.17, 15) is 0 Å². The van der Waals surface area contributed by atoms with Crippen molar-refractivity contribution in [1.82, 2.24) is 10.3 Å². The van der Waals surface area contributed by atoms with Crippen LogP contribution in [-0.4, -0.2) is 18.1 Å². The highest BCUT2D eigenvalue weighted by Crippen LogP contribution is 2.31. The summed E-state index contributed by atoms with van der Waals surface area (Å²) in [7, 11) is 0. The summed E-state index contributed by atoms with van der Waals surface area (Å²) >= 11 is 0. The predicted molar refractivity (Wildman–Crippen MR) is 66.9 cm³/mol. The van der Waals surface area contributed by atoms with E-state index in [4.69, 9.17) is 5.26 Å². The van der Waals surface area contributed by atoms with Gasteiger partial charge in [0.05, 0.1) is 11.6 Å². The highest BCUT2D eigenvalue weighted by molar-refractivity contribution is 5.85. The molecule has 1 aliphatic heterocycles. The topological polar surface area (TPSA) is 53.7 Å². The summed E-state index contributed by atoms with van der Waals surface area (Å²) < 4.78 is 0. The second-order valence-corrected chi connectivity index (χ2v) is 4.56. The van der Waals surface area contributed by atoms with Crippen LogP contribution in [0.3, 0.4) is 0 Å². The van der Waals surface area contributed by atoms with Crippen molar-refractivity contribution in [3.8, 4) is 6.07 Å². The molecule has 0 saturated carbocycles. The molecule has 0 spiro atoms. The predicted octanol–water partition coefficient (Wildman–Crippen LogP) is 2.52. The molecule has 3 heteroatoms. The smallest absolute Gasteiger partial charge is 0.0991 e. The highest BCUT2D eigenvalue weighted by Gasteiger charge is 2.19. The molecule has 1 aliphatic rings. The van der Waals surface area contributed by atoms with Gasteiger partial charge in [0.15, 0.2) is 0 Å². The van der Waals surface area contributed by atoms with Crippen LogP contribution >= 0.6 is 0 Å². The van der Waals surface area contributed by atoms with Crippen LogP contribution in [0.25, 0.3) is 10.9 Å². The van der Waals surface area contributed by atoms with E-state index in [1.807, 2.05) is 18.2 Å². The Hall–Kier alpha value is -1.79. The number of nitriles is 1. The number of hydrogen-bond donors (Lipinski definition) is 1. The van der Waals surface area contributed by atoms with Gasteiger partial charge in [0.25, 0.3) is 0 Å². The molecular weight excluding hydrogens is 210 g/mol. The first kappa shape index (κ1) is 10.4. The molecular formula is C14H14N3. The van der Waals surface area contributed by atoms with Gasteiger partial charge in [-0.15, -0.1) is 0 Å². The SMILES string of the molecule is N#Cc1ccc2[nH]cc(C3CC[N]CC3)c2c1. The van der Waals surface area contributed by atoms with Gasteiger partial charge in [-0.25, -0.2) is 5.32 Å². The molecule has 1 fully saturated rings. The van der Waals surface area contributed by atoms with E-state index in [0.29, 0.717) is 5.92 Å². The van der Waals surface area contributed by atoms with Crippen LogP contribution in [0.4, 0.5) is 0 Å². The molecule has 0 atom stereocenters. The Balaban J connectivity index is 2.06. The number of fused-ring (bicyclic) bond motifs is 1. The third-order valence-electron chi connectivity index (χ3n) is 3.55. The monoisotopic (exact) mass is 224 g/mol. The van der Waals surface area contributed by atoms with Gasteiger partial charge in [0.2, 0.25) is 0 Å². The Bertz CT molecular complexity index is 571. The van der Waals surface area contributed by atoms with Crippen molar-refractivity contribution in [2.45, 2.75) is 18.8 Å². The minimum atomic E-state index is 0.593. The van der Waals surface area contributed by atoms with Crippen molar-refractivity contribution >= 4 is 10.9 Å². The normalized spacial score (nSPS) is 17.1. The average molecular weight is 224 g/mol. The first-order chi connectivity index (χ1) is 8.38. The van der Waals surface area contributed by atoms with Crippen LogP contribution in [0.5, 0.6) is 0 Å². The fraction of sp³-hybridized carbons (Fsp3) is 0.357. The number of piperidine rings is 1. The fourth-order valence-electron chi connectivity index (χ4n) is 2.61. The van der Waals surface area contributed by atoms with Gasteiger partial charge in [-0.3, -0.25) is 0 Å². The summed E-state index contributed by atoms with van der Waals surface area (Å²) in [5.41, 5.74) is 3.22. The lowest BCUT2D eigenvalue weighted by Gasteiger charge is -2.21. The fourth-order valence-corrected chi connectivity index (χ4v) is 2.61. The lowest BCUT2D eigenvalue weighted by molar-refractivity contribution is 0.455. The molecule has 2 heterocycles. The molecule has 0 unspecified atom stereocenters. The summed E-state index contributed by atoms with van der Waals surface area (Å²) in [6.07, 6.45) is 4.36. The first-order valence-electron chi connectivity index (χ1n) is 6.03. The quantitative estimate of drug-likeness (QED) is 0.795. The van der Waals surface area contributed by atoms with Crippen LogP contribution in [0.15, 0.2) is 24.4 Å². The number of hydrogen-bond acceptors (Lipinski definition) is 1. The van der Waals surface area contributed by atoms with E-state index in [1.165, 1.54) is 10.9 Å². The van der Waals surface area contributed by atoms with E-state index in [2.05, 4.69) is 22.6 Å². The molecule has 17 heavy (non-hydrogen) atoms. The minimum absolute atomic E-state index is 0.593. The molecule has 1 radical (unpaired) electrons. The molecule has 1 saturated heterocycles. The zero-order chi connectivity index (χ0) is 11.7. The maximum absolute atomic E-state index is 8.96. The van der Waals surface area contributed by atoms with Gasteiger partial charge in [0, 0.05) is 30.2 Å². The van der Waals surface area contributed by atoms with Gasteiger partial charge < -0.3 is 4.98 Å². The maximum Gasteiger partial charge on any atom is 0.0991 e. The summed E-state index contributed by atoms with van der Waals surface area (Å²) in [6.45, 7) is 1.94. The number of nitrogens with one attached hydrogen (secondary N) is 1. The molecule has 3 nitrogen and oxygen atoms in total. The third-order valence-corrected chi connectivity index (χ3v) is 3.55. The van der Waals surface area contributed by atoms with Crippen LogP contribution in [0.1, 0.15) is 29.9 Å². The van der Waals surface area contributed by atoms with E-state index in [0.717, 1.165) is 37.0 Å². The van der Waals surface area contributed by atoms with E-state index < -0.39 is 0 Å². The summed E-state index contributed by atoms with van der Waals surface area (Å²) in [6, 6.07) is 8.05. The number of rotatable bonds is 1. The van der Waals surface area contributed by atoms with Gasteiger partial charge in [-0.2, -0.15) is 5.26 Å². The van der Waals surface area contributed by atoms with E-state index in [1.54, 1.807) is 0 Å². The molecule has 0 aliphatic carbocycles. The molecule has 0 bridgehead atoms. The second-order valence-electron chi connectivity index (χ2n) is 4.56. The Morgan fingerprint density at radius 3 is 2.88 bits per heavy atom. The molecule has 3 rings (SSSR count). The van der Waals surface area contributed by atoms with Crippen LogP contribution < -0.4 is 5.32 Å². The zero-order valence-electron chi connectivity index (χ0n) is 9.61. The maximum atomic E-state index is 8.96. The van der Waals surface area contributed by atoms with Crippen LogP contribution in [0.2, 0.25) is 0 Å². The standard InChI is InChI=1S/C14H14N3/c15-8-10-1-2-14-12(7-10)13(9-17-14)11-3-5-16-6-4-11/h1-2,7,9,11,17H,3-6H2. The van der Waals surface area contributed by atoms with Gasteiger partial charge in [0.1, 0.15) is 0 Å². The van der Waals surface area contributed by atoms with Crippen molar-refractivity contribution in [1.29, 1.82) is 5.26 Å². The minimum Gasteiger partial charge on any atom is -0.361 e. The summed E-state index contributed by atoms with van der Waals surface area (Å²) in [5, 5.41) is 14.6. The largest absolute Gasteiger partial charge is 0.361 e. The van der Waals surface area contributed by atoms with Crippen molar-refractivity contribution in [3.05, 3.63) is 35.5 Å². The van der Waals surface area contributed by atoms with Gasteiger partial charge >= 0.3 is 0 Å². The van der Waals surface area contributed by atoms with Crippen molar-refractivity contribution in [2.75, 3.05) is 13.1 Å². The Morgan fingerprint density at radius 2 is 2.12 bits per heavy atom. The zero-order valence-corrected chi connectivity index (χ0v) is 9.61. The Kier molecular flexibility index (Phi) is 2.58. The van der Waals surface area contributed by atoms with Crippen molar-refractivity contribution in [2.24, 2.45) is 0 Å². The number of benzene rings is 1. The number of aromatic nitrogens is 1. The lowest BCUT2D eigenvalue weighted by Crippen LogP contribution is -2.20. The average Bonchev–Trinajstić information content (AvgIpc) is 2.82. The third kappa shape index (κ3) is 1.81. The van der Waals surface area contributed by atoms with E-state index >= 15 is 0 Å². The first-order valence-corrected chi connectivity index (χ1v) is 6.03. The van der Waals surface area contributed by atoms with Crippen LogP contribution in [0, 0.1) is 11.3 Å².